The van der Waals surface area contributed by atoms with E-state index in [9.17, 15) is 12.8 Å². The summed E-state index contributed by atoms with van der Waals surface area (Å²) in [6.07, 6.45) is 2.44. The molecule has 0 bridgehead atoms. The summed E-state index contributed by atoms with van der Waals surface area (Å²) < 4.78 is 39.7. The zero-order valence-electron chi connectivity index (χ0n) is 12.7. The van der Waals surface area contributed by atoms with Crippen LogP contribution in [-0.4, -0.2) is 21.5 Å². The lowest BCUT2D eigenvalue weighted by atomic mass is 10.2. The zero-order valence-corrected chi connectivity index (χ0v) is 13.5. The molecular formula is C17H19FN2O2S. The van der Waals surface area contributed by atoms with Crippen molar-refractivity contribution in [1.29, 1.82) is 0 Å². The predicted octanol–water partition coefficient (Wildman–Crippen LogP) is 2.90. The van der Waals surface area contributed by atoms with Crippen LogP contribution in [0.5, 0.6) is 0 Å². The monoisotopic (exact) mass is 334 g/mol. The normalized spacial score (nSPS) is 15.1. The van der Waals surface area contributed by atoms with Crippen LogP contribution in [0.25, 0.3) is 0 Å². The van der Waals surface area contributed by atoms with Crippen LogP contribution in [0.1, 0.15) is 18.4 Å². The van der Waals surface area contributed by atoms with Crippen LogP contribution < -0.4 is 9.62 Å². The van der Waals surface area contributed by atoms with E-state index < -0.39 is 15.8 Å². The maximum atomic E-state index is 12.9. The van der Waals surface area contributed by atoms with E-state index >= 15 is 0 Å². The molecule has 1 aliphatic heterocycles. The second kappa shape index (κ2) is 6.68. The number of halogens is 1. The molecule has 0 aromatic heterocycles. The Morgan fingerprint density at radius 2 is 1.57 bits per heavy atom. The Labute approximate surface area is 136 Å². The van der Waals surface area contributed by atoms with Crippen molar-refractivity contribution in [2.75, 3.05) is 18.0 Å². The van der Waals surface area contributed by atoms with Gasteiger partial charge < -0.3 is 4.90 Å². The van der Waals surface area contributed by atoms with Crippen LogP contribution in [0, 0.1) is 5.82 Å². The van der Waals surface area contributed by atoms with Crippen molar-refractivity contribution < 1.29 is 12.8 Å². The molecule has 4 nitrogen and oxygen atoms in total. The molecule has 1 N–H and O–H groups in total. The molecule has 1 heterocycles. The predicted molar refractivity (Wildman–Crippen MR) is 88.3 cm³/mol. The highest BCUT2D eigenvalue weighted by Gasteiger charge is 2.14. The lowest BCUT2D eigenvalue weighted by Gasteiger charge is -2.17. The van der Waals surface area contributed by atoms with Crippen LogP contribution in [0.4, 0.5) is 10.1 Å². The Morgan fingerprint density at radius 3 is 2.17 bits per heavy atom. The smallest absolute Gasteiger partial charge is 0.240 e. The first-order valence-corrected chi connectivity index (χ1v) is 9.12. The number of anilines is 1. The fourth-order valence-corrected chi connectivity index (χ4v) is 3.69. The molecule has 0 saturated carbocycles. The van der Waals surface area contributed by atoms with Gasteiger partial charge in [-0.25, -0.2) is 17.5 Å². The molecule has 6 heteroatoms. The van der Waals surface area contributed by atoms with Gasteiger partial charge in [0.2, 0.25) is 10.0 Å². The summed E-state index contributed by atoms with van der Waals surface area (Å²) in [6, 6.07) is 12.7. The molecule has 0 unspecified atom stereocenters. The van der Waals surface area contributed by atoms with Crippen molar-refractivity contribution in [2.45, 2.75) is 24.3 Å². The molecule has 122 valence electrons. The van der Waals surface area contributed by atoms with E-state index in [1.807, 2.05) is 24.3 Å². The van der Waals surface area contributed by atoms with E-state index in [4.69, 9.17) is 0 Å². The number of nitrogens with zero attached hydrogens (tertiary/aromatic N) is 1. The summed E-state index contributed by atoms with van der Waals surface area (Å²) in [5, 5.41) is 0. The lowest BCUT2D eigenvalue weighted by Crippen LogP contribution is -2.23. The Kier molecular flexibility index (Phi) is 4.63. The van der Waals surface area contributed by atoms with Gasteiger partial charge in [0.25, 0.3) is 0 Å². The Hall–Kier alpha value is -1.92. The van der Waals surface area contributed by atoms with E-state index in [-0.39, 0.29) is 11.4 Å². The van der Waals surface area contributed by atoms with Gasteiger partial charge in [0.05, 0.1) is 4.90 Å². The molecule has 2 aromatic rings. The maximum absolute atomic E-state index is 12.9. The summed E-state index contributed by atoms with van der Waals surface area (Å²) in [7, 11) is -3.63. The minimum Gasteiger partial charge on any atom is -0.372 e. The standard InChI is InChI=1S/C17H19FN2O2S/c18-15-5-9-17(10-6-15)23(21,22)19-13-14-3-7-16(8-4-14)20-11-1-2-12-20/h3-10,19H,1-2,11-13H2. The van der Waals surface area contributed by atoms with Crippen molar-refractivity contribution in [3.63, 3.8) is 0 Å². The van der Waals surface area contributed by atoms with Gasteiger partial charge in [-0.05, 0) is 54.8 Å². The number of benzene rings is 2. The number of sulfonamides is 1. The van der Waals surface area contributed by atoms with E-state index in [0.717, 1.165) is 30.8 Å². The fraction of sp³-hybridized carbons (Fsp3) is 0.294. The van der Waals surface area contributed by atoms with Gasteiger partial charge in [-0.1, -0.05) is 12.1 Å². The van der Waals surface area contributed by atoms with Crippen LogP contribution in [-0.2, 0) is 16.6 Å². The highest BCUT2D eigenvalue weighted by atomic mass is 32.2. The SMILES string of the molecule is O=S(=O)(NCc1ccc(N2CCCC2)cc1)c1ccc(F)cc1. The molecule has 1 fully saturated rings. The highest BCUT2D eigenvalue weighted by Crippen LogP contribution is 2.20. The third-order valence-corrected chi connectivity index (χ3v) is 5.41. The van der Waals surface area contributed by atoms with Crippen LogP contribution in [0.3, 0.4) is 0 Å². The molecule has 1 saturated heterocycles. The first-order chi connectivity index (χ1) is 11.0. The molecule has 23 heavy (non-hydrogen) atoms. The molecule has 1 aliphatic rings. The zero-order chi connectivity index (χ0) is 16.3. The fourth-order valence-electron chi connectivity index (χ4n) is 2.68. The summed E-state index contributed by atoms with van der Waals surface area (Å²) in [5.41, 5.74) is 2.06. The number of hydrogen-bond donors (Lipinski definition) is 1. The highest BCUT2D eigenvalue weighted by molar-refractivity contribution is 7.89. The maximum Gasteiger partial charge on any atom is 0.240 e. The van der Waals surface area contributed by atoms with Gasteiger partial charge >= 0.3 is 0 Å². The number of rotatable bonds is 5. The third-order valence-electron chi connectivity index (χ3n) is 4.00. The van der Waals surface area contributed by atoms with Gasteiger partial charge in [0.15, 0.2) is 0 Å². The van der Waals surface area contributed by atoms with Crippen LogP contribution >= 0.6 is 0 Å². The molecule has 0 radical (unpaired) electrons. The molecule has 0 aliphatic carbocycles. The van der Waals surface area contributed by atoms with Gasteiger partial charge in [0.1, 0.15) is 5.82 Å². The Morgan fingerprint density at radius 1 is 0.957 bits per heavy atom. The minimum absolute atomic E-state index is 0.0626. The van der Waals surface area contributed by atoms with Crippen molar-refractivity contribution in [3.8, 4) is 0 Å². The largest absolute Gasteiger partial charge is 0.372 e. The molecule has 0 spiro atoms. The van der Waals surface area contributed by atoms with Gasteiger partial charge in [0, 0.05) is 25.3 Å². The summed E-state index contributed by atoms with van der Waals surface area (Å²) in [5.74, 6) is -0.457. The topological polar surface area (TPSA) is 49.4 Å². The van der Waals surface area contributed by atoms with Crippen molar-refractivity contribution in [3.05, 3.63) is 59.9 Å². The average molecular weight is 334 g/mol. The number of hydrogen-bond acceptors (Lipinski definition) is 3. The molecular weight excluding hydrogens is 315 g/mol. The van der Waals surface area contributed by atoms with E-state index in [1.165, 1.54) is 30.7 Å². The second-order valence-electron chi connectivity index (χ2n) is 5.64. The first-order valence-electron chi connectivity index (χ1n) is 7.64. The third kappa shape index (κ3) is 3.89. The quantitative estimate of drug-likeness (QED) is 0.915. The second-order valence-corrected chi connectivity index (χ2v) is 7.41. The molecule has 2 aromatic carbocycles. The van der Waals surface area contributed by atoms with Crippen molar-refractivity contribution in [1.82, 2.24) is 4.72 Å². The van der Waals surface area contributed by atoms with Gasteiger partial charge in [-0.15, -0.1) is 0 Å². The Bertz CT molecular complexity index is 752. The van der Waals surface area contributed by atoms with Gasteiger partial charge in [-0.3, -0.25) is 0 Å². The van der Waals surface area contributed by atoms with Crippen LogP contribution in [0.2, 0.25) is 0 Å². The van der Waals surface area contributed by atoms with Crippen molar-refractivity contribution >= 4 is 15.7 Å². The van der Waals surface area contributed by atoms with Crippen LogP contribution in [0.15, 0.2) is 53.4 Å². The summed E-state index contributed by atoms with van der Waals surface area (Å²) >= 11 is 0. The molecule has 3 rings (SSSR count). The first kappa shape index (κ1) is 16.0. The summed E-state index contributed by atoms with van der Waals surface area (Å²) in [6.45, 7) is 2.37. The summed E-state index contributed by atoms with van der Waals surface area (Å²) in [4.78, 5) is 2.39. The lowest BCUT2D eigenvalue weighted by molar-refractivity contribution is 0.580. The van der Waals surface area contributed by atoms with Crippen molar-refractivity contribution in [2.24, 2.45) is 0 Å². The number of nitrogens with one attached hydrogen (secondary N) is 1. The molecule has 0 atom stereocenters. The van der Waals surface area contributed by atoms with E-state index in [2.05, 4.69) is 9.62 Å². The Balaban J connectivity index is 1.64. The van der Waals surface area contributed by atoms with Gasteiger partial charge in [-0.2, -0.15) is 0 Å². The van der Waals surface area contributed by atoms with E-state index in [1.54, 1.807) is 0 Å². The minimum atomic E-state index is -3.63. The average Bonchev–Trinajstić information content (AvgIpc) is 3.08. The van der Waals surface area contributed by atoms with E-state index in [0.29, 0.717) is 0 Å². The molecule has 0 amide bonds.